The Hall–Kier alpha value is -4.42. The third-order valence-corrected chi connectivity index (χ3v) is 6.31. The van der Waals surface area contributed by atoms with Gasteiger partial charge in [-0.05, 0) is 89.8 Å². The molecule has 0 spiro atoms. The first-order valence-electron chi connectivity index (χ1n) is 11.8. The van der Waals surface area contributed by atoms with E-state index in [2.05, 4.69) is 27.3 Å². The zero-order chi connectivity index (χ0) is 27.4. The molecule has 0 saturated carbocycles. The van der Waals surface area contributed by atoms with Crippen LogP contribution in [0, 0.1) is 25.2 Å². The number of nitrogens with one attached hydrogen (secondary N) is 1. The number of nitrogens with zero attached hydrogens (tertiary/aromatic N) is 2. The summed E-state index contributed by atoms with van der Waals surface area (Å²) in [4.78, 5) is 39.6. The van der Waals surface area contributed by atoms with Crippen LogP contribution in [0.4, 0.5) is 10.5 Å². The van der Waals surface area contributed by atoms with E-state index in [1.165, 1.54) is 6.08 Å². The number of urea groups is 1. The summed E-state index contributed by atoms with van der Waals surface area (Å²) in [6.45, 7) is 6.02. The Bertz CT molecular complexity index is 1500. The molecule has 1 aliphatic heterocycles. The van der Waals surface area contributed by atoms with Gasteiger partial charge in [-0.3, -0.25) is 14.9 Å². The zero-order valence-corrected chi connectivity index (χ0v) is 22.6. The average Bonchev–Trinajstić information content (AvgIpc) is 2.86. The highest BCUT2D eigenvalue weighted by atomic mass is 79.9. The number of ether oxygens (including phenoxy) is 2. The van der Waals surface area contributed by atoms with Crippen LogP contribution in [-0.2, 0) is 16.2 Å². The number of hydrogen-bond donors (Lipinski definition) is 1. The molecule has 4 rings (SSSR count). The predicted octanol–water partition coefficient (Wildman–Crippen LogP) is 5.58. The van der Waals surface area contributed by atoms with Crippen molar-refractivity contribution in [2.24, 2.45) is 0 Å². The van der Waals surface area contributed by atoms with Crippen molar-refractivity contribution in [1.29, 1.82) is 5.26 Å². The molecule has 1 N–H and O–H groups in total. The van der Waals surface area contributed by atoms with E-state index < -0.39 is 17.8 Å². The number of carbonyl (C=O) groups is 3. The Morgan fingerprint density at radius 1 is 1.03 bits per heavy atom. The van der Waals surface area contributed by atoms with Crippen molar-refractivity contribution < 1.29 is 23.9 Å². The minimum Gasteiger partial charge on any atom is -0.490 e. The van der Waals surface area contributed by atoms with Crippen LogP contribution in [0.15, 0.2) is 64.6 Å². The van der Waals surface area contributed by atoms with Crippen LogP contribution in [0.25, 0.3) is 6.08 Å². The number of imide groups is 2. The van der Waals surface area contributed by atoms with E-state index in [0.717, 1.165) is 21.6 Å². The number of nitriles is 1. The van der Waals surface area contributed by atoms with E-state index in [1.54, 1.807) is 36.4 Å². The summed E-state index contributed by atoms with van der Waals surface area (Å²) in [5.41, 5.74) is 3.64. The first kappa shape index (κ1) is 26.6. The maximum atomic E-state index is 13.3. The molecule has 3 aromatic rings. The zero-order valence-electron chi connectivity index (χ0n) is 21.0. The average molecular weight is 574 g/mol. The summed E-state index contributed by atoms with van der Waals surface area (Å²) in [6.07, 6.45) is 1.40. The molecule has 4 amide bonds. The molecule has 192 valence electrons. The van der Waals surface area contributed by atoms with Gasteiger partial charge < -0.3 is 9.47 Å². The lowest BCUT2D eigenvalue weighted by molar-refractivity contribution is -0.122. The van der Waals surface area contributed by atoms with Crippen molar-refractivity contribution in [1.82, 2.24) is 5.32 Å². The number of amides is 4. The Morgan fingerprint density at radius 2 is 1.74 bits per heavy atom. The van der Waals surface area contributed by atoms with Crippen LogP contribution in [-0.4, -0.2) is 24.5 Å². The van der Waals surface area contributed by atoms with Crippen LogP contribution < -0.4 is 19.7 Å². The fraction of sp³-hybridized carbons (Fsp3) is 0.172. The molecule has 0 bridgehead atoms. The maximum Gasteiger partial charge on any atom is 0.335 e. The summed E-state index contributed by atoms with van der Waals surface area (Å²) in [6, 6.07) is 17.1. The molecule has 9 heteroatoms. The smallest absolute Gasteiger partial charge is 0.335 e. The SMILES string of the molecule is CCOc1cc(/C=C2\C(=O)NC(=O)N(c3cc(C)cc(C)c3)C2=O)cc(Br)c1OCc1ccccc1C#N. The highest BCUT2D eigenvalue weighted by Gasteiger charge is 2.37. The van der Waals surface area contributed by atoms with E-state index in [-0.39, 0.29) is 12.2 Å². The van der Waals surface area contributed by atoms with Gasteiger partial charge in [0.15, 0.2) is 11.5 Å². The first-order valence-corrected chi connectivity index (χ1v) is 12.6. The number of anilines is 1. The van der Waals surface area contributed by atoms with Gasteiger partial charge in [0.2, 0.25) is 0 Å². The van der Waals surface area contributed by atoms with Gasteiger partial charge >= 0.3 is 6.03 Å². The predicted molar refractivity (Wildman–Crippen MR) is 146 cm³/mol. The molecule has 0 aliphatic carbocycles. The molecule has 38 heavy (non-hydrogen) atoms. The summed E-state index contributed by atoms with van der Waals surface area (Å²) in [5, 5.41) is 11.6. The molecule has 0 unspecified atom stereocenters. The molecule has 3 aromatic carbocycles. The molecule has 0 radical (unpaired) electrons. The highest BCUT2D eigenvalue weighted by molar-refractivity contribution is 9.10. The summed E-state index contributed by atoms with van der Waals surface area (Å²) in [7, 11) is 0. The Kier molecular flexibility index (Phi) is 7.93. The molecule has 8 nitrogen and oxygen atoms in total. The first-order chi connectivity index (χ1) is 18.2. The van der Waals surface area contributed by atoms with Gasteiger partial charge in [0.1, 0.15) is 12.2 Å². The van der Waals surface area contributed by atoms with Gasteiger partial charge in [-0.15, -0.1) is 0 Å². The fourth-order valence-corrected chi connectivity index (χ4v) is 4.69. The molecule has 0 atom stereocenters. The minimum absolute atomic E-state index is 0.136. The number of carbonyl (C=O) groups excluding carboxylic acids is 3. The molecule has 1 fully saturated rings. The van der Waals surface area contributed by atoms with Crippen LogP contribution >= 0.6 is 15.9 Å². The molecular weight excluding hydrogens is 550 g/mol. The summed E-state index contributed by atoms with van der Waals surface area (Å²) < 4.78 is 12.3. The summed E-state index contributed by atoms with van der Waals surface area (Å²) >= 11 is 3.50. The van der Waals surface area contributed by atoms with E-state index in [4.69, 9.17) is 9.47 Å². The Labute approximate surface area is 228 Å². The minimum atomic E-state index is -0.806. The molecular formula is C29H24BrN3O5. The van der Waals surface area contributed by atoms with Crippen LogP contribution in [0.3, 0.4) is 0 Å². The number of barbiturate groups is 1. The van der Waals surface area contributed by atoms with E-state index in [0.29, 0.717) is 39.4 Å². The van der Waals surface area contributed by atoms with Crippen molar-refractivity contribution in [2.45, 2.75) is 27.4 Å². The molecule has 1 saturated heterocycles. The maximum absolute atomic E-state index is 13.3. The van der Waals surface area contributed by atoms with E-state index >= 15 is 0 Å². The van der Waals surface area contributed by atoms with Crippen molar-refractivity contribution in [3.05, 3.63) is 92.5 Å². The third kappa shape index (κ3) is 5.61. The van der Waals surface area contributed by atoms with Crippen LogP contribution in [0.1, 0.15) is 34.7 Å². The van der Waals surface area contributed by atoms with Crippen molar-refractivity contribution in [2.75, 3.05) is 11.5 Å². The Morgan fingerprint density at radius 3 is 2.42 bits per heavy atom. The van der Waals surface area contributed by atoms with Gasteiger partial charge in [-0.25, -0.2) is 9.69 Å². The van der Waals surface area contributed by atoms with E-state index in [1.807, 2.05) is 39.0 Å². The Balaban J connectivity index is 1.68. The van der Waals surface area contributed by atoms with E-state index in [9.17, 15) is 19.6 Å². The second-order valence-corrected chi connectivity index (χ2v) is 9.48. The second-order valence-electron chi connectivity index (χ2n) is 8.62. The van der Waals surface area contributed by atoms with Crippen molar-refractivity contribution in [3.63, 3.8) is 0 Å². The lowest BCUT2D eigenvalue weighted by atomic mass is 10.0. The topological polar surface area (TPSA) is 109 Å². The van der Waals surface area contributed by atoms with Crippen LogP contribution in [0.5, 0.6) is 11.5 Å². The molecule has 1 aliphatic rings. The summed E-state index contributed by atoms with van der Waals surface area (Å²) in [5.74, 6) is -0.725. The van der Waals surface area contributed by atoms with Gasteiger partial charge in [-0.1, -0.05) is 24.3 Å². The van der Waals surface area contributed by atoms with Gasteiger partial charge in [0, 0.05) is 5.56 Å². The highest BCUT2D eigenvalue weighted by Crippen LogP contribution is 2.38. The van der Waals surface area contributed by atoms with Gasteiger partial charge in [0.05, 0.1) is 28.4 Å². The number of benzene rings is 3. The lowest BCUT2D eigenvalue weighted by Gasteiger charge is -2.27. The van der Waals surface area contributed by atoms with Crippen molar-refractivity contribution >= 4 is 45.5 Å². The number of hydrogen-bond acceptors (Lipinski definition) is 6. The standard InChI is InChI=1S/C29H24BrN3O5/c1-4-37-25-14-19(13-24(30)26(25)38-16-21-8-6-5-7-20(21)15-31)12-23-27(34)32-29(36)33(28(23)35)22-10-17(2)9-18(3)11-22/h5-14H,4,16H2,1-3H3,(H,32,34,36)/b23-12+. The van der Waals surface area contributed by atoms with Crippen LogP contribution in [0.2, 0.25) is 0 Å². The van der Waals surface area contributed by atoms with Gasteiger partial charge in [-0.2, -0.15) is 5.26 Å². The van der Waals surface area contributed by atoms with Crippen molar-refractivity contribution in [3.8, 4) is 17.6 Å². The largest absolute Gasteiger partial charge is 0.490 e. The normalized spacial score (nSPS) is 14.3. The lowest BCUT2D eigenvalue weighted by Crippen LogP contribution is -2.54. The quantitative estimate of drug-likeness (QED) is 0.292. The van der Waals surface area contributed by atoms with Gasteiger partial charge in [0.25, 0.3) is 11.8 Å². The molecule has 1 heterocycles. The monoisotopic (exact) mass is 573 g/mol. The fourth-order valence-electron chi connectivity index (χ4n) is 4.12. The second kappa shape index (κ2) is 11.3. The number of halogens is 1. The number of aryl methyl sites for hydroxylation is 2. The third-order valence-electron chi connectivity index (χ3n) is 5.72. The number of rotatable bonds is 7. The molecule has 0 aromatic heterocycles.